The van der Waals surface area contributed by atoms with Gasteiger partial charge in [-0.2, -0.15) is 0 Å². The van der Waals surface area contributed by atoms with Crippen LogP contribution in [0.3, 0.4) is 0 Å². The van der Waals surface area contributed by atoms with Gasteiger partial charge >= 0.3 is 0 Å². The first-order valence-corrected chi connectivity index (χ1v) is 7.76. The highest BCUT2D eigenvalue weighted by Gasteiger charge is 1.95. The van der Waals surface area contributed by atoms with Crippen molar-refractivity contribution < 1.29 is 4.79 Å². The average molecular weight is 268 g/mol. The maximum Gasteiger partial charge on any atom is 0.243 e. The molecule has 0 aliphatic heterocycles. The molecule has 0 unspecified atom stereocenters. The van der Waals surface area contributed by atoms with Gasteiger partial charge in [-0.25, -0.2) is 0 Å². The Labute approximate surface area is 119 Å². The topological polar surface area (TPSA) is 32.3 Å². The quantitative estimate of drug-likeness (QED) is 0.435. The van der Waals surface area contributed by atoms with E-state index in [1.165, 1.54) is 38.5 Å². The van der Waals surface area contributed by atoms with Gasteiger partial charge in [0.15, 0.2) is 0 Å². The van der Waals surface area contributed by atoms with Crippen molar-refractivity contribution in [2.75, 3.05) is 27.2 Å². The third kappa shape index (κ3) is 15.1. The number of nitrogens with one attached hydrogen (secondary N) is 1. The second-order valence-electron chi connectivity index (χ2n) is 5.41. The second kappa shape index (κ2) is 13.6. The van der Waals surface area contributed by atoms with Crippen LogP contribution in [-0.2, 0) is 4.79 Å². The van der Waals surface area contributed by atoms with Gasteiger partial charge in [0.05, 0.1) is 0 Å². The van der Waals surface area contributed by atoms with Gasteiger partial charge in [0, 0.05) is 6.54 Å². The summed E-state index contributed by atoms with van der Waals surface area (Å²) in [5.74, 6) is 0.0461. The minimum Gasteiger partial charge on any atom is -0.353 e. The van der Waals surface area contributed by atoms with Crippen LogP contribution in [0.2, 0.25) is 0 Å². The summed E-state index contributed by atoms with van der Waals surface area (Å²) in [6, 6.07) is 0. The van der Waals surface area contributed by atoms with Crippen LogP contribution in [0.5, 0.6) is 0 Å². The fraction of sp³-hybridized carbons (Fsp3) is 0.812. The Balaban J connectivity index is 3.32. The predicted molar refractivity (Wildman–Crippen MR) is 83.3 cm³/mol. The van der Waals surface area contributed by atoms with Gasteiger partial charge in [0.2, 0.25) is 5.91 Å². The van der Waals surface area contributed by atoms with Crippen LogP contribution in [0, 0.1) is 0 Å². The monoisotopic (exact) mass is 268 g/mol. The molecule has 3 nitrogen and oxygen atoms in total. The first-order chi connectivity index (χ1) is 9.16. The Hall–Kier alpha value is -0.830. The van der Waals surface area contributed by atoms with E-state index in [2.05, 4.69) is 17.1 Å². The van der Waals surface area contributed by atoms with Crippen LogP contribution in [-0.4, -0.2) is 38.0 Å². The lowest BCUT2D eigenvalue weighted by atomic mass is 10.1. The number of hydrogen-bond donors (Lipinski definition) is 1. The van der Waals surface area contributed by atoms with Gasteiger partial charge in [-0.05, 0) is 46.0 Å². The van der Waals surface area contributed by atoms with E-state index in [0.29, 0.717) is 0 Å². The number of allylic oxidation sites excluding steroid dienone is 1. The molecule has 1 N–H and O–H groups in total. The lowest BCUT2D eigenvalue weighted by molar-refractivity contribution is -0.116. The van der Waals surface area contributed by atoms with Crippen molar-refractivity contribution in [1.82, 2.24) is 10.2 Å². The Morgan fingerprint density at radius 2 is 1.74 bits per heavy atom. The van der Waals surface area contributed by atoms with E-state index in [1.807, 2.05) is 20.2 Å². The molecular weight excluding hydrogens is 236 g/mol. The van der Waals surface area contributed by atoms with E-state index in [-0.39, 0.29) is 5.91 Å². The molecule has 0 atom stereocenters. The number of nitrogens with zero attached hydrogens (tertiary/aromatic N) is 1. The SMILES string of the molecule is CCCCCCCCC=CC(=O)NCCCN(C)C. The molecule has 112 valence electrons. The molecule has 0 aromatic heterocycles. The summed E-state index contributed by atoms with van der Waals surface area (Å²) in [5.41, 5.74) is 0. The number of unbranched alkanes of at least 4 members (excludes halogenated alkanes) is 6. The zero-order valence-corrected chi connectivity index (χ0v) is 13.1. The van der Waals surface area contributed by atoms with E-state index >= 15 is 0 Å². The maximum atomic E-state index is 11.5. The van der Waals surface area contributed by atoms with Crippen LogP contribution >= 0.6 is 0 Å². The van der Waals surface area contributed by atoms with Crippen LogP contribution in [0.15, 0.2) is 12.2 Å². The number of hydrogen-bond acceptors (Lipinski definition) is 2. The van der Waals surface area contributed by atoms with E-state index in [9.17, 15) is 4.79 Å². The molecule has 0 aromatic rings. The third-order valence-corrected chi connectivity index (χ3v) is 3.07. The first-order valence-electron chi connectivity index (χ1n) is 7.76. The van der Waals surface area contributed by atoms with Crippen LogP contribution in [0.25, 0.3) is 0 Å². The molecule has 0 aromatic carbocycles. The Morgan fingerprint density at radius 1 is 1.05 bits per heavy atom. The molecule has 0 bridgehead atoms. The summed E-state index contributed by atoms with van der Waals surface area (Å²) >= 11 is 0. The molecule has 0 aliphatic rings. The zero-order chi connectivity index (χ0) is 14.3. The molecule has 0 spiro atoms. The largest absolute Gasteiger partial charge is 0.353 e. The smallest absolute Gasteiger partial charge is 0.243 e. The summed E-state index contributed by atoms with van der Waals surface area (Å²) in [4.78, 5) is 13.6. The number of carbonyl (C=O) groups is 1. The van der Waals surface area contributed by atoms with Gasteiger partial charge in [-0.3, -0.25) is 4.79 Å². The molecule has 3 heteroatoms. The number of amides is 1. The molecule has 1 amide bonds. The summed E-state index contributed by atoms with van der Waals surface area (Å²) < 4.78 is 0. The van der Waals surface area contributed by atoms with Crippen LogP contribution in [0.4, 0.5) is 0 Å². The summed E-state index contributed by atoms with van der Waals surface area (Å²) in [6.45, 7) is 4.01. The molecule has 19 heavy (non-hydrogen) atoms. The second-order valence-corrected chi connectivity index (χ2v) is 5.41. The van der Waals surface area contributed by atoms with Crippen molar-refractivity contribution >= 4 is 5.91 Å². The standard InChI is InChI=1S/C16H32N2O/c1-4-5-6-7-8-9-10-11-13-16(19)17-14-12-15-18(2)3/h11,13H,4-10,12,14-15H2,1-3H3,(H,17,19). The van der Waals surface area contributed by atoms with E-state index < -0.39 is 0 Å². The molecular formula is C16H32N2O. The predicted octanol–water partition coefficient (Wildman–Crippen LogP) is 3.36. The summed E-state index contributed by atoms with van der Waals surface area (Å²) in [7, 11) is 4.09. The number of carbonyl (C=O) groups excluding carboxylic acids is 1. The summed E-state index contributed by atoms with van der Waals surface area (Å²) in [5, 5.41) is 2.90. The highest BCUT2D eigenvalue weighted by atomic mass is 16.1. The van der Waals surface area contributed by atoms with Gasteiger partial charge in [0.25, 0.3) is 0 Å². The van der Waals surface area contributed by atoms with Gasteiger partial charge < -0.3 is 10.2 Å². The van der Waals surface area contributed by atoms with Crippen molar-refractivity contribution in [1.29, 1.82) is 0 Å². The summed E-state index contributed by atoms with van der Waals surface area (Å²) in [6.07, 6.45) is 13.5. The minimum absolute atomic E-state index is 0.0461. The Morgan fingerprint density at radius 3 is 2.42 bits per heavy atom. The normalized spacial score (nSPS) is 11.4. The van der Waals surface area contributed by atoms with Crippen molar-refractivity contribution in [3.8, 4) is 0 Å². The van der Waals surface area contributed by atoms with Gasteiger partial charge in [0.1, 0.15) is 0 Å². The molecule has 0 aliphatic carbocycles. The van der Waals surface area contributed by atoms with Crippen molar-refractivity contribution in [2.45, 2.75) is 58.3 Å². The third-order valence-electron chi connectivity index (χ3n) is 3.07. The van der Waals surface area contributed by atoms with Crippen LogP contribution < -0.4 is 5.32 Å². The lowest BCUT2D eigenvalue weighted by Gasteiger charge is -2.08. The molecule has 0 saturated carbocycles. The molecule has 0 radical (unpaired) electrons. The molecule has 0 rings (SSSR count). The van der Waals surface area contributed by atoms with E-state index in [1.54, 1.807) is 6.08 Å². The minimum atomic E-state index is 0.0461. The van der Waals surface area contributed by atoms with Crippen LogP contribution in [0.1, 0.15) is 58.3 Å². The first kappa shape index (κ1) is 18.2. The average Bonchev–Trinajstić information content (AvgIpc) is 2.37. The highest BCUT2D eigenvalue weighted by molar-refractivity contribution is 5.87. The molecule has 0 fully saturated rings. The Kier molecular flexibility index (Phi) is 13.0. The fourth-order valence-corrected chi connectivity index (χ4v) is 1.90. The molecule has 0 heterocycles. The zero-order valence-electron chi connectivity index (χ0n) is 13.1. The highest BCUT2D eigenvalue weighted by Crippen LogP contribution is 2.06. The maximum absolute atomic E-state index is 11.5. The lowest BCUT2D eigenvalue weighted by Crippen LogP contribution is -2.25. The molecule has 0 saturated heterocycles. The fourth-order valence-electron chi connectivity index (χ4n) is 1.90. The number of rotatable bonds is 12. The van der Waals surface area contributed by atoms with Crippen molar-refractivity contribution in [3.63, 3.8) is 0 Å². The van der Waals surface area contributed by atoms with Gasteiger partial charge in [-0.15, -0.1) is 0 Å². The van der Waals surface area contributed by atoms with Gasteiger partial charge in [-0.1, -0.05) is 45.1 Å². The van der Waals surface area contributed by atoms with E-state index in [0.717, 1.165) is 25.9 Å². The van der Waals surface area contributed by atoms with E-state index in [4.69, 9.17) is 0 Å². The van der Waals surface area contributed by atoms with Crippen molar-refractivity contribution in [3.05, 3.63) is 12.2 Å². The van der Waals surface area contributed by atoms with Crippen molar-refractivity contribution in [2.24, 2.45) is 0 Å². The Bertz CT molecular complexity index is 237.